The molecule has 2 unspecified atom stereocenters. The maximum Gasteiger partial charge on any atom is 0.243 e. The highest BCUT2D eigenvalue weighted by Gasteiger charge is 2.32. The summed E-state index contributed by atoms with van der Waals surface area (Å²) in [6.07, 6.45) is 2.93. The van der Waals surface area contributed by atoms with Crippen LogP contribution in [0, 0.1) is 5.92 Å². The number of benzene rings is 1. The Morgan fingerprint density at radius 3 is 2.48 bits per heavy atom. The summed E-state index contributed by atoms with van der Waals surface area (Å²) in [6, 6.07) is 7.76. The third-order valence-electron chi connectivity index (χ3n) is 4.34. The summed E-state index contributed by atoms with van der Waals surface area (Å²) in [6.45, 7) is 5.41. The Bertz CT molecular complexity index is 554. The maximum absolute atomic E-state index is 12.7. The fraction of sp³-hybridized carbons (Fsp3) is 0.625. The first-order chi connectivity index (χ1) is 9.98. The van der Waals surface area contributed by atoms with Gasteiger partial charge in [-0.3, -0.25) is 0 Å². The maximum atomic E-state index is 12.7. The lowest BCUT2D eigenvalue weighted by Gasteiger charge is -2.36. The van der Waals surface area contributed by atoms with Gasteiger partial charge in [0.2, 0.25) is 10.0 Å². The Morgan fingerprint density at radius 2 is 1.95 bits per heavy atom. The standard InChI is InChI=1S/C16H26N2O2S/c1-4-5-14-6-8-15(9-7-14)21(19,20)18-11-10-16(17-3)13(2)12-18/h6-9,13,16-17H,4-5,10-12H2,1-3H3. The monoisotopic (exact) mass is 310 g/mol. The molecule has 21 heavy (non-hydrogen) atoms. The quantitative estimate of drug-likeness (QED) is 0.907. The molecule has 1 aromatic carbocycles. The molecule has 5 heteroatoms. The van der Waals surface area contributed by atoms with Crippen LogP contribution in [0.25, 0.3) is 0 Å². The lowest BCUT2D eigenvalue weighted by molar-refractivity contribution is 0.228. The molecule has 0 saturated carbocycles. The minimum absolute atomic E-state index is 0.331. The van der Waals surface area contributed by atoms with Crippen LogP contribution in [0.3, 0.4) is 0 Å². The molecule has 0 spiro atoms. The molecule has 1 fully saturated rings. The molecule has 0 amide bonds. The van der Waals surface area contributed by atoms with Crippen LogP contribution in [-0.2, 0) is 16.4 Å². The Balaban J connectivity index is 2.14. The van der Waals surface area contributed by atoms with E-state index in [1.807, 2.05) is 19.2 Å². The van der Waals surface area contributed by atoms with Crippen molar-refractivity contribution in [3.8, 4) is 0 Å². The fourth-order valence-corrected chi connectivity index (χ4v) is 4.58. The topological polar surface area (TPSA) is 49.4 Å². The van der Waals surface area contributed by atoms with Gasteiger partial charge in [0, 0.05) is 19.1 Å². The molecule has 1 N–H and O–H groups in total. The summed E-state index contributed by atoms with van der Waals surface area (Å²) in [5.74, 6) is 0.331. The summed E-state index contributed by atoms with van der Waals surface area (Å²) >= 11 is 0. The molecule has 4 nitrogen and oxygen atoms in total. The average Bonchev–Trinajstić information content (AvgIpc) is 2.48. The van der Waals surface area contributed by atoms with Gasteiger partial charge >= 0.3 is 0 Å². The smallest absolute Gasteiger partial charge is 0.243 e. The summed E-state index contributed by atoms with van der Waals surface area (Å²) in [4.78, 5) is 0.414. The molecular formula is C16H26N2O2S. The zero-order chi connectivity index (χ0) is 15.5. The predicted octanol–water partition coefficient (Wildman–Crippen LogP) is 2.26. The van der Waals surface area contributed by atoms with E-state index < -0.39 is 10.0 Å². The van der Waals surface area contributed by atoms with Crippen molar-refractivity contribution in [2.75, 3.05) is 20.1 Å². The number of nitrogens with zero attached hydrogens (tertiary/aromatic N) is 1. The number of hydrogen-bond donors (Lipinski definition) is 1. The van der Waals surface area contributed by atoms with Crippen LogP contribution in [0.1, 0.15) is 32.3 Å². The zero-order valence-electron chi connectivity index (χ0n) is 13.2. The SMILES string of the molecule is CCCc1ccc(S(=O)(=O)N2CCC(NC)C(C)C2)cc1. The van der Waals surface area contributed by atoms with Gasteiger partial charge in [0.05, 0.1) is 4.90 Å². The first-order valence-electron chi connectivity index (χ1n) is 7.75. The molecule has 2 rings (SSSR count). The lowest BCUT2D eigenvalue weighted by Crippen LogP contribution is -2.49. The number of rotatable bonds is 5. The minimum atomic E-state index is -3.35. The third-order valence-corrected chi connectivity index (χ3v) is 6.22. The van der Waals surface area contributed by atoms with Crippen LogP contribution < -0.4 is 5.32 Å². The van der Waals surface area contributed by atoms with Gasteiger partial charge in [0.1, 0.15) is 0 Å². The van der Waals surface area contributed by atoms with Crippen molar-refractivity contribution in [3.05, 3.63) is 29.8 Å². The normalized spacial score (nSPS) is 24.1. The van der Waals surface area contributed by atoms with E-state index in [2.05, 4.69) is 19.2 Å². The first kappa shape index (κ1) is 16.5. The van der Waals surface area contributed by atoms with Crippen molar-refractivity contribution in [1.82, 2.24) is 9.62 Å². The van der Waals surface area contributed by atoms with Gasteiger partial charge < -0.3 is 5.32 Å². The van der Waals surface area contributed by atoms with E-state index in [1.165, 1.54) is 5.56 Å². The summed E-state index contributed by atoms with van der Waals surface area (Å²) in [5.41, 5.74) is 1.19. The van der Waals surface area contributed by atoms with Crippen LogP contribution >= 0.6 is 0 Å². The van der Waals surface area contributed by atoms with Gasteiger partial charge in [-0.25, -0.2) is 8.42 Å². The fourth-order valence-electron chi connectivity index (χ4n) is 3.02. The van der Waals surface area contributed by atoms with Crippen LogP contribution in [0.2, 0.25) is 0 Å². The summed E-state index contributed by atoms with van der Waals surface area (Å²) in [5, 5.41) is 3.27. The van der Waals surface area contributed by atoms with Crippen LogP contribution in [0.5, 0.6) is 0 Å². The zero-order valence-corrected chi connectivity index (χ0v) is 14.0. The van der Waals surface area contributed by atoms with E-state index in [1.54, 1.807) is 16.4 Å². The van der Waals surface area contributed by atoms with Crippen LogP contribution in [0.4, 0.5) is 0 Å². The molecule has 1 aliphatic heterocycles. The van der Waals surface area contributed by atoms with Crippen molar-refractivity contribution in [2.45, 2.75) is 44.0 Å². The summed E-state index contributed by atoms with van der Waals surface area (Å²) in [7, 11) is -1.41. The Kier molecular flexibility index (Phi) is 5.41. The number of hydrogen-bond acceptors (Lipinski definition) is 3. The second-order valence-electron chi connectivity index (χ2n) is 5.92. The Morgan fingerprint density at radius 1 is 1.29 bits per heavy atom. The first-order valence-corrected chi connectivity index (χ1v) is 9.19. The number of aryl methyl sites for hydroxylation is 1. The molecule has 1 saturated heterocycles. The molecular weight excluding hydrogens is 284 g/mol. The number of sulfonamides is 1. The van der Waals surface area contributed by atoms with Gasteiger partial charge in [-0.1, -0.05) is 32.4 Å². The molecule has 118 valence electrons. The van der Waals surface area contributed by atoms with Crippen LogP contribution in [-0.4, -0.2) is 38.9 Å². The van der Waals surface area contributed by atoms with Gasteiger partial charge in [-0.05, 0) is 43.5 Å². The predicted molar refractivity (Wildman–Crippen MR) is 85.8 cm³/mol. The molecule has 0 bridgehead atoms. The minimum Gasteiger partial charge on any atom is -0.317 e. The molecule has 0 radical (unpaired) electrons. The highest BCUT2D eigenvalue weighted by atomic mass is 32.2. The van der Waals surface area contributed by atoms with E-state index in [-0.39, 0.29) is 0 Å². The largest absolute Gasteiger partial charge is 0.317 e. The highest BCUT2D eigenvalue weighted by molar-refractivity contribution is 7.89. The third kappa shape index (κ3) is 3.65. The van der Waals surface area contributed by atoms with E-state index >= 15 is 0 Å². The van der Waals surface area contributed by atoms with Crippen molar-refractivity contribution >= 4 is 10.0 Å². The van der Waals surface area contributed by atoms with E-state index in [0.717, 1.165) is 19.3 Å². The molecule has 0 aromatic heterocycles. The van der Waals surface area contributed by atoms with Crippen LogP contribution in [0.15, 0.2) is 29.2 Å². The Hall–Kier alpha value is -0.910. The average molecular weight is 310 g/mol. The Labute approximate surface area is 128 Å². The van der Waals surface area contributed by atoms with E-state index in [0.29, 0.717) is 29.9 Å². The molecule has 1 heterocycles. The highest BCUT2D eigenvalue weighted by Crippen LogP contribution is 2.24. The summed E-state index contributed by atoms with van der Waals surface area (Å²) < 4.78 is 27.0. The molecule has 1 aliphatic rings. The van der Waals surface area contributed by atoms with Crippen molar-refractivity contribution in [2.24, 2.45) is 5.92 Å². The molecule has 0 aliphatic carbocycles. The lowest BCUT2D eigenvalue weighted by atomic mass is 9.96. The van der Waals surface area contributed by atoms with Gasteiger partial charge in [0.15, 0.2) is 0 Å². The van der Waals surface area contributed by atoms with Gasteiger partial charge in [0.25, 0.3) is 0 Å². The van der Waals surface area contributed by atoms with Gasteiger partial charge in [-0.2, -0.15) is 4.31 Å². The molecule has 1 aromatic rings. The van der Waals surface area contributed by atoms with Crippen molar-refractivity contribution in [3.63, 3.8) is 0 Å². The van der Waals surface area contributed by atoms with E-state index in [4.69, 9.17) is 0 Å². The van der Waals surface area contributed by atoms with Gasteiger partial charge in [-0.15, -0.1) is 0 Å². The second-order valence-corrected chi connectivity index (χ2v) is 7.86. The number of piperidine rings is 1. The molecule has 2 atom stereocenters. The van der Waals surface area contributed by atoms with E-state index in [9.17, 15) is 8.42 Å². The van der Waals surface area contributed by atoms with Crippen molar-refractivity contribution in [1.29, 1.82) is 0 Å². The second kappa shape index (κ2) is 6.90. The van der Waals surface area contributed by atoms with Crippen molar-refractivity contribution < 1.29 is 8.42 Å². The number of nitrogens with one attached hydrogen (secondary N) is 1.